The second kappa shape index (κ2) is 9.64. The second-order valence-electron chi connectivity index (χ2n) is 6.66. The molecule has 1 atom stereocenters. The lowest BCUT2D eigenvalue weighted by molar-refractivity contribution is 0.117. The Morgan fingerprint density at radius 2 is 2.00 bits per heavy atom. The molecule has 134 valence electrons. The quantitative estimate of drug-likeness (QED) is 0.781. The fourth-order valence-electron chi connectivity index (χ4n) is 3.23. The molecule has 0 bridgehead atoms. The molecule has 0 aliphatic carbocycles. The standard InChI is InChI=1S/C19H31N3O2/c1-16(17-8-5-4-6-9-17)20-19(23)22(12-7-15-24-3)18-10-13-21(2)14-11-18/h4-6,8-9,16,18H,7,10-15H2,1-3H3,(H,20,23)/t16-/m1/s1. The van der Waals surface area contributed by atoms with E-state index in [1.807, 2.05) is 30.0 Å². The Morgan fingerprint density at radius 1 is 1.33 bits per heavy atom. The minimum atomic E-state index is 0.00916. The Balaban J connectivity index is 1.97. The highest BCUT2D eigenvalue weighted by atomic mass is 16.5. The van der Waals surface area contributed by atoms with Crippen molar-refractivity contribution in [1.29, 1.82) is 0 Å². The van der Waals surface area contributed by atoms with Crippen LogP contribution in [0.25, 0.3) is 0 Å². The van der Waals surface area contributed by atoms with Gasteiger partial charge in [0.25, 0.3) is 0 Å². The third-order valence-corrected chi connectivity index (χ3v) is 4.78. The van der Waals surface area contributed by atoms with Gasteiger partial charge in [-0.1, -0.05) is 30.3 Å². The Morgan fingerprint density at radius 3 is 2.62 bits per heavy atom. The number of ether oxygens (including phenoxy) is 1. The number of likely N-dealkylation sites (tertiary alicyclic amines) is 1. The van der Waals surface area contributed by atoms with Crippen molar-refractivity contribution >= 4 is 6.03 Å². The van der Waals surface area contributed by atoms with Crippen molar-refractivity contribution in [3.63, 3.8) is 0 Å². The third-order valence-electron chi connectivity index (χ3n) is 4.78. The highest BCUT2D eigenvalue weighted by molar-refractivity contribution is 5.75. The van der Waals surface area contributed by atoms with E-state index in [1.54, 1.807) is 7.11 Å². The van der Waals surface area contributed by atoms with Crippen LogP contribution in [0.3, 0.4) is 0 Å². The van der Waals surface area contributed by atoms with E-state index in [0.29, 0.717) is 12.6 Å². The van der Waals surface area contributed by atoms with Crippen LogP contribution < -0.4 is 5.32 Å². The number of carbonyl (C=O) groups is 1. The predicted octanol–water partition coefficient (Wildman–Crippen LogP) is 2.89. The van der Waals surface area contributed by atoms with Crippen molar-refractivity contribution in [3.05, 3.63) is 35.9 Å². The van der Waals surface area contributed by atoms with Gasteiger partial charge in [-0.3, -0.25) is 0 Å². The van der Waals surface area contributed by atoms with Crippen LogP contribution in [0.2, 0.25) is 0 Å². The van der Waals surface area contributed by atoms with Crippen LogP contribution in [0, 0.1) is 0 Å². The summed E-state index contributed by atoms with van der Waals surface area (Å²) in [6.07, 6.45) is 2.95. The lowest BCUT2D eigenvalue weighted by Gasteiger charge is -2.38. The summed E-state index contributed by atoms with van der Waals surface area (Å²) in [5.74, 6) is 0. The number of amides is 2. The molecule has 0 unspecified atom stereocenters. The number of hydrogen-bond acceptors (Lipinski definition) is 3. The molecule has 2 rings (SSSR count). The fraction of sp³-hybridized carbons (Fsp3) is 0.632. The molecule has 1 aliphatic rings. The SMILES string of the molecule is COCCCN(C(=O)N[C@H](C)c1ccccc1)C1CCN(C)CC1. The van der Waals surface area contributed by atoms with E-state index in [1.165, 1.54) is 0 Å². The summed E-state index contributed by atoms with van der Waals surface area (Å²) >= 11 is 0. The topological polar surface area (TPSA) is 44.8 Å². The van der Waals surface area contributed by atoms with E-state index >= 15 is 0 Å². The first-order valence-corrected chi connectivity index (χ1v) is 8.91. The van der Waals surface area contributed by atoms with Crippen LogP contribution in [0.15, 0.2) is 30.3 Å². The molecule has 24 heavy (non-hydrogen) atoms. The molecular weight excluding hydrogens is 302 g/mol. The zero-order valence-corrected chi connectivity index (χ0v) is 15.2. The lowest BCUT2D eigenvalue weighted by atomic mass is 10.0. The van der Waals surface area contributed by atoms with Gasteiger partial charge in [-0.05, 0) is 51.9 Å². The van der Waals surface area contributed by atoms with Crippen LogP contribution in [-0.2, 0) is 4.74 Å². The monoisotopic (exact) mass is 333 g/mol. The first kappa shape index (κ1) is 18.7. The molecule has 1 heterocycles. The normalized spacial score (nSPS) is 17.5. The molecule has 5 heteroatoms. The van der Waals surface area contributed by atoms with Crippen LogP contribution >= 0.6 is 0 Å². The molecule has 0 radical (unpaired) electrons. The number of rotatable bonds is 7. The van der Waals surface area contributed by atoms with Crippen molar-refractivity contribution in [3.8, 4) is 0 Å². The molecule has 1 N–H and O–H groups in total. The summed E-state index contributed by atoms with van der Waals surface area (Å²) in [4.78, 5) is 17.2. The van der Waals surface area contributed by atoms with Gasteiger partial charge in [-0.2, -0.15) is 0 Å². The van der Waals surface area contributed by atoms with E-state index in [2.05, 4.69) is 29.4 Å². The van der Waals surface area contributed by atoms with Gasteiger partial charge in [0, 0.05) is 26.3 Å². The molecule has 1 aromatic carbocycles. The van der Waals surface area contributed by atoms with Gasteiger partial charge < -0.3 is 19.9 Å². The number of nitrogens with zero attached hydrogens (tertiary/aromatic N) is 2. The summed E-state index contributed by atoms with van der Waals surface area (Å²) in [5, 5.41) is 3.16. The summed E-state index contributed by atoms with van der Waals surface area (Å²) in [6.45, 7) is 5.56. The van der Waals surface area contributed by atoms with E-state index in [9.17, 15) is 4.79 Å². The minimum Gasteiger partial charge on any atom is -0.385 e. The molecule has 5 nitrogen and oxygen atoms in total. The lowest BCUT2D eigenvalue weighted by Crippen LogP contribution is -2.51. The van der Waals surface area contributed by atoms with Gasteiger partial charge >= 0.3 is 6.03 Å². The second-order valence-corrected chi connectivity index (χ2v) is 6.66. The summed E-state index contributed by atoms with van der Waals surface area (Å²) < 4.78 is 5.16. The highest BCUT2D eigenvalue weighted by Crippen LogP contribution is 2.18. The van der Waals surface area contributed by atoms with Crippen LogP contribution in [0.5, 0.6) is 0 Å². The van der Waals surface area contributed by atoms with Gasteiger partial charge in [0.2, 0.25) is 0 Å². The highest BCUT2D eigenvalue weighted by Gasteiger charge is 2.27. The molecular formula is C19H31N3O2. The third kappa shape index (κ3) is 5.49. The van der Waals surface area contributed by atoms with Crippen molar-refractivity contribution in [1.82, 2.24) is 15.1 Å². The van der Waals surface area contributed by atoms with Gasteiger partial charge in [0.1, 0.15) is 0 Å². The molecule has 1 aliphatic heterocycles. The summed E-state index contributed by atoms with van der Waals surface area (Å²) in [7, 11) is 3.85. The first-order valence-electron chi connectivity index (χ1n) is 8.91. The first-order chi connectivity index (χ1) is 11.6. The molecule has 1 fully saturated rings. The van der Waals surface area contributed by atoms with Crippen molar-refractivity contribution in [2.24, 2.45) is 0 Å². The maximum atomic E-state index is 12.9. The number of urea groups is 1. The zero-order chi connectivity index (χ0) is 17.4. The van der Waals surface area contributed by atoms with E-state index in [-0.39, 0.29) is 12.1 Å². The molecule has 1 aromatic rings. The average Bonchev–Trinajstić information content (AvgIpc) is 2.60. The van der Waals surface area contributed by atoms with E-state index in [4.69, 9.17) is 4.74 Å². The molecule has 0 spiro atoms. The number of piperidine rings is 1. The smallest absolute Gasteiger partial charge is 0.318 e. The fourth-order valence-corrected chi connectivity index (χ4v) is 3.23. The number of carbonyl (C=O) groups excluding carboxylic acids is 1. The van der Waals surface area contributed by atoms with Crippen molar-refractivity contribution in [2.45, 2.75) is 38.3 Å². The average molecular weight is 333 g/mol. The van der Waals surface area contributed by atoms with Crippen molar-refractivity contribution < 1.29 is 9.53 Å². The summed E-state index contributed by atoms with van der Waals surface area (Å²) in [6, 6.07) is 10.5. The van der Waals surface area contributed by atoms with Crippen LogP contribution in [0.4, 0.5) is 4.79 Å². The Hall–Kier alpha value is -1.59. The van der Waals surface area contributed by atoms with E-state index in [0.717, 1.165) is 44.5 Å². The molecule has 2 amide bonds. The summed E-state index contributed by atoms with van der Waals surface area (Å²) in [5.41, 5.74) is 1.13. The minimum absolute atomic E-state index is 0.00916. The van der Waals surface area contributed by atoms with Crippen LogP contribution in [-0.4, -0.2) is 62.3 Å². The van der Waals surface area contributed by atoms with Gasteiger partial charge in [0.05, 0.1) is 6.04 Å². The van der Waals surface area contributed by atoms with Gasteiger partial charge in [-0.25, -0.2) is 4.79 Å². The predicted molar refractivity (Wildman–Crippen MR) is 97.1 cm³/mol. The van der Waals surface area contributed by atoms with Gasteiger partial charge in [0.15, 0.2) is 0 Å². The Bertz CT molecular complexity index is 487. The Kier molecular flexibility index (Phi) is 7.53. The number of nitrogens with one attached hydrogen (secondary N) is 1. The number of methoxy groups -OCH3 is 1. The maximum absolute atomic E-state index is 12.9. The molecule has 1 saturated heterocycles. The van der Waals surface area contributed by atoms with Gasteiger partial charge in [-0.15, -0.1) is 0 Å². The van der Waals surface area contributed by atoms with E-state index < -0.39 is 0 Å². The Labute approximate surface area is 146 Å². The van der Waals surface area contributed by atoms with Crippen molar-refractivity contribution in [2.75, 3.05) is 40.4 Å². The zero-order valence-electron chi connectivity index (χ0n) is 15.2. The largest absolute Gasteiger partial charge is 0.385 e. The number of benzene rings is 1. The maximum Gasteiger partial charge on any atom is 0.318 e. The molecule has 0 saturated carbocycles. The van der Waals surface area contributed by atoms with Crippen LogP contribution in [0.1, 0.15) is 37.8 Å². The molecule has 0 aromatic heterocycles. The number of hydrogen-bond donors (Lipinski definition) is 1.